The molecule has 0 spiro atoms. The molecule has 2 heteroatoms. The SMILES string of the molecule is OC1CCC[N]c2ccccc21. The zero-order valence-corrected chi connectivity index (χ0v) is 6.90. The zero-order chi connectivity index (χ0) is 8.39. The highest BCUT2D eigenvalue weighted by molar-refractivity contribution is 5.46. The smallest absolute Gasteiger partial charge is 0.0811 e. The molecule has 1 N–H and O–H groups in total. The van der Waals surface area contributed by atoms with Crippen LogP contribution in [0.3, 0.4) is 0 Å². The van der Waals surface area contributed by atoms with Crippen molar-refractivity contribution in [3.63, 3.8) is 0 Å². The quantitative estimate of drug-likeness (QED) is 0.619. The van der Waals surface area contributed by atoms with Crippen molar-refractivity contribution in [2.45, 2.75) is 18.9 Å². The van der Waals surface area contributed by atoms with E-state index < -0.39 is 0 Å². The summed E-state index contributed by atoms with van der Waals surface area (Å²) in [6.07, 6.45) is 1.50. The Morgan fingerprint density at radius 2 is 2.17 bits per heavy atom. The van der Waals surface area contributed by atoms with E-state index >= 15 is 0 Å². The van der Waals surface area contributed by atoms with E-state index in [9.17, 15) is 5.11 Å². The Balaban J connectivity index is 2.39. The standard InChI is InChI=1S/C10H12NO/c12-10-6-3-7-11-9-5-2-1-4-8(9)10/h1-2,4-5,10,12H,3,6-7H2. The van der Waals surface area contributed by atoms with Crippen molar-refractivity contribution in [1.29, 1.82) is 0 Å². The number of para-hydroxylation sites is 1. The summed E-state index contributed by atoms with van der Waals surface area (Å²) in [4.78, 5) is 0. The third-order valence-corrected chi connectivity index (χ3v) is 2.21. The minimum Gasteiger partial charge on any atom is -0.388 e. The van der Waals surface area contributed by atoms with E-state index in [-0.39, 0.29) is 6.10 Å². The molecule has 0 saturated heterocycles. The van der Waals surface area contributed by atoms with Gasteiger partial charge in [0.2, 0.25) is 0 Å². The number of rotatable bonds is 0. The highest BCUT2D eigenvalue weighted by Gasteiger charge is 2.15. The number of aliphatic hydroxyl groups excluding tert-OH is 1. The van der Waals surface area contributed by atoms with Crippen LogP contribution in [0.25, 0.3) is 0 Å². The zero-order valence-electron chi connectivity index (χ0n) is 6.90. The Kier molecular flexibility index (Phi) is 2.00. The van der Waals surface area contributed by atoms with Crippen LogP contribution in [0.2, 0.25) is 0 Å². The Morgan fingerprint density at radius 1 is 1.33 bits per heavy atom. The summed E-state index contributed by atoms with van der Waals surface area (Å²) < 4.78 is 0. The minimum absolute atomic E-state index is 0.313. The van der Waals surface area contributed by atoms with Gasteiger partial charge in [0, 0.05) is 12.1 Å². The third kappa shape index (κ3) is 1.30. The van der Waals surface area contributed by atoms with Gasteiger partial charge < -0.3 is 5.11 Å². The fraction of sp³-hybridized carbons (Fsp3) is 0.400. The summed E-state index contributed by atoms with van der Waals surface area (Å²) in [7, 11) is 0. The Hall–Kier alpha value is -1.02. The van der Waals surface area contributed by atoms with Crippen molar-refractivity contribution in [3.8, 4) is 0 Å². The van der Waals surface area contributed by atoms with Crippen molar-refractivity contribution < 1.29 is 5.11 Å². The van der Waals surface area contributed by atoms with Crippen LogP contribution in [0.4, 0.5) is 5.69 Å². The van der Waals surface area contributed by atoms with E-state index in [0.717, 1.165) is 30.6 Å². The van der Waals surface area contributed by atoms with Crippen LogP contribution in [0.1, 0.15) is 24.5 Å². The fourth-order valence-electron chi connectivity index (χ4n) is 1.55. The Morgan fingerprint density at radius 3 is 3.08 bits per heavy atom. The molecule has 0 aromatic heterocycles. The van der Waals surface area contributed by atoms with Gasteiger partial charge in [0.25, 0.3) is 0 Å². The first-order chi connectivity index (χ1) is 5.88. The van der Waals surface area contributed by atoms with Gasteiger partial charge in [0.05, 0.1) is 11.8 Å². The molecule has 1 aromatic rings. The number of hydrogen-bond donors (Lipinski definition) is 1. The molecule has 2 rings (SSSR count). The molecule has 12 heavy (non-hydrogen) atoms. The molecular formula is C10H12NO. The lowest BCUT2D eigenvalue weighted by Crippen LogP contribution is -1.97. The van der Waals surface area contributed by atoms with Crippen LogP contribution >= 0.6 is 0 Å². The monoisotopic (exact) mass is 162 g/mol. The van der Waals surface area contributed by atoms with Gasteiger partial charge in [-0.1, -0.05) is 18.2 Å². The molecular weight excluding hydrogens is 150 g/mol. The summed E-state index contributed by atoms with van der Waals surface area (Å²) in [5.41, 5.74) is 1.94. The van der Waals surface area contributed by atoms with E-state index in [2.05, 4.69) is 5.32 Å². The molecule has 1 atom stereocenters. The molecule has 0 fully saturated rings. The third-order valence-electron chi connectivity index (χ3n) is 2.21. The van der Waals surface area contributed by atoms with E-state index in [1.807, 2.05) is 24.3 Å². The first-order valence-corrected chi connectivity index (χ1v) is 4.32. The molecule has 1 radical (unpaired) electrons. The highest BCUT2D eigenvalue weighted by Crippen LogP contribution is 2.28. The number of hydrogen-bond acceptors (Lipinski definition) is 1. The van der Waals surface area contributed by atoms with Gasteiger partial charge in [0.1, 0.15) is 0 Å². The van der Waals surface area contributed by atoms with Crippen LogP contribution in [0.5, 0.6) is 0 Å². The molecule has 0 amide bonds. The Bertz CT molecular complexity index is 272. The summed E-state index contributed by atoms with van der Waals surface area (Å²) in [6.45, 7) is 0.841. The first kappa shape index (κ1) is 7.62. The minimum atomic E-state index is -0.313. The van der Waals surface area contributed by atoms with E-state index in [0.29, 0.717) is 0 Å². The van der Waals surface area contributed by atoms with Gasteiger partial charge in [-0.2, -0.15) is 0 Å². The maximum Gasteiger partial charge on any atom is 0.0811 e. The first-order valence-electron chi connectivity index (χ1n) is 4.32. The molecule has 2 nitrogen and oxygen atoms in total. The predicted octanol–water partition coefficient (Wildman–Crippen LogP) is 1.75. The van der Waals surface area contributed by atoms with Crippen LogP contribution in [0, 0.1) is 0 Å². The summed E-state index contributed by atoms with van der Waals surface area (Å²) in [5.74, 6) is 0. The van der Waals surface area contributed by atoms with Crippen molar-refractivity contribution in [1.82, 2.24) is 5.32 Å². The van der Waals surface area contributed by atoms with Gasteiger partial charge in [-0.15, -0.1) is 0 Å². The van der Waals surface area contributed by atoms with Crippen molar-refractivity contribution in [3.05, 3.63) is 29.8 Å². The van der Waals surface area contributed by atoms with Gasteiger partial charge >= 0.3 is 0 Å². The van der Waals surface area contributed by atoms with Crippen molar-refractivity contribution in [2.24, 2.45) is 0 Å². The number of benzene rings is 1. The average molecular weight is 162 g/mol. The lowest BCUT2D eigenvalue weighted by atomic mass is 10.1. The van der Waals surface area contributed by atoms with Crippen molar-refractivity contribution >= 4 is 5.69 Å². The van der Waals surface area contributed by atoms with Crippen molar-refractivity contribution in [2.75, 3.05) is 6.54 Å². The van der Waals surface area contributed by atoms with Gasteiger partial charge in [0.15, 0.2) is 0 Å². The second kappa shape index (κ2) is 3.15. The lowest BCUT2D eigenvalue weighted by Gasteiger charge is -2.09. The van der Waals surface area contributed by atoms with E-state index in [1.165, 1.54) is 0 Å². The van der Waals surface area contributed by atoms with E-state index in [1.54, 1.807) is 0 Å². The van der Waals surface area contributed by atoms with Crippen LogP contribution in [0.15, 0.2) is 24.3 Å². The summed E-state index contributed by atoms with van der Waals surface area (Å²) in [6, 6.07) is 7.82. The van der Waals surface area contributed by atoms with Gasteiger partial charge in [-0.25, -0.2) is 0 Å². The Labute approximate surface area is 72.2 Å². The van der Waals surface area contributed by atoms with Gasteiger partial charge in [-0.05, 0) is 18.9 Å². The summed E-state index contributed by atoms with van der Waals surface area (Å²) in [5, 5.41) is 14.1. The molecule has 1 aliphatic rings. The maximum absolute atomic E-state index is 9.68. The average Bonchev–Trinajstić information content (AvgIpc) is 2.29. The highest BCUT2D eigenvalue weighted by atomic mass is 16.3. The second-order valence-corrected chi connectivity index (χ2v) is 3.10. The number of nitrogens with zero attached hydrogens (tertiary/aromatic N) is 1. The fourth-order valence-corrected chi connectivity index (χ4v) is 1.55. The topological polar surface area (TPSA) is 34.3 Å². The van der Waals surface area contributed by atoms with Crippen LogP contribution < -0.4 is 5.32 Å². The lowest BCUT2D eigenvalue weighted by molar-refractivity contribution is 0.168. The predicted molar refractivity (Wildman–Crippen MR) is 47.3 cm³/mol. The second-order valence-electron chi connectivity index (χ2n) is 3.10. The number of aliphatic hydroxyl groups is 1. The van der Waals surface area contributed by atoms with E-state index in [4.69, 9.17) is 0 Å². The molecule has 63 valence electrons. The molecule has 0 saturated carbocycles. The van der Waals surface area contributed by atoms with Crippen LogP contribution in [-0.2, 0) is 0 Å². The normalized spacial score (nSPS) is 22.2. The van der Waals surface area contributed by atoms with Gasteiger partial charge in [-0.3, -0.25) is 5.32 Å². The molecule has 1 aromatic carbocycles. The molecule has 1 unspecified atom stereocenters. The molecule has 1 aliphatic heterocycles. The van der Waals surface area contributed by atoms with Crippen LogP contribution in [-0.4, -0.2) is 11.7 Å². The largest absolute Gasteiger partial charge is 0.388 e. The summed E-state index contributed by atoms with van der Waals surface area (Å²) >= 11 is 0. The molecule has 0 aliphatic carbocycles. The molecule has 1 heterocycles. The maximum atomic E-state index is 9.68. The molecule has 0 bridgehead atoms. The number of fused-ring (bicyclic) bond motifs is 1.